The minimum Gasteiger partial charge on any atom is -0.353 e. The Kier molecular flexibility index (Phi) is 5.71. The van der Waals surface area contributed by atoms with Crippen LogP contribution in [0.1, 0.15) is 11.6 Å². The molecule has 0 radical (unpaired) electrons. The largest absolute Gasteiger partial charge is 0.353 e. The van der Waals surface area contributed by atoms with Crippen molar-refractivity contribution in [3.8, 4) is 33.8 Å². The zero-order valence-corrected chi connectivity index (χ0v) is 20.4. The highest BCUT2D eigenvalue weighted by Crippen LogP contribution is 2.35. The number of rotatable bonds is 6. The summed E-state index contributed by atoms with van der Waals surface area (Å²) in [6.07, 6.45) is 6.80. The second kappa shape index (κ2) is 9.20. The highest BCUT2D eigenvalue weighted by atomic mass is 19.1. The van der Waals surface area contributed by atoms with E-state index in [1.807, 2.05) is 49.3 Å². The molecular formula is C28H25FN8. The normalized spacial score (nSPS) is 12.6. The number of hydrogen-bond acceptors (Lipinski definition) is 6. The number of nitrogens with zero attached hydrogens (tertiary/aromatic N) is 5. The number of halogens is 1. The summed E-state index contributed by atoms with van der Waals surface area (Å²) >= 11 is 0. The maximum Gasteiger partial charge on any atom is 0.124 e. The van der Waals surface area contributed by atoms with E-state index in [-0.39, 0.29) is 11.9 Å². The van der Waals surface area contributed by atoms with Gasteiger partial charge in [-0.05, 0) is 67.7 Å². The Labute approximate surface area is 212 Å². The summed E-state index contributed by atoms with van der Waals surface area (Å²) in [5.74, 6) is -0.341. The van der Waals surface area contributed by atoms with Gasteiger partial charge in [0.05, 0.1) is 16.9 Å². The molecule has 0 aliphatic carbocycles. The van der Waals surface area contributed by atoms with E-state index in [0.29, 0.717) is 17.8 Å². The van der Waals surface area contributed by atoms with Crippen molar-refractivity contribution in [3.63, 3.8) is 0 Å². The molecule has 0 aliphatic heterocycles. The molecule has 4 aromatic heterocycles. The molecule has 0 spiro atoms. The number of fused-ring (bicyclic) bond motifs is 2. The van der Waals surface area contributed by atoms with E-state index in [1.54, 1.807) is 18.6 Å². The van der Waals surface area contributed by atoms with Gasteiger partial charge in [0.1, 0.15) is 17.8 Å². The molecule has 6 aromatic rings. The van der Waals surface area contributed by atoms with Crippen LogP contribution < -0.4 is 5.73 Å². The van der Waals surface area contributed by atoms with Crippen molar-refractivity contribution in [1.29, 1.82) is 0 Å². The molecule has 8 nitrogen and oxygen atoms in total. The van der Waals surface area contributed by atoms with Crippen molar-refractivity contribution >= 4 is 21.8 Å². The molecule has 9 heteroatoms. The third-order valence-electron chi connectivity index (χ3n) is 6.44. The third-order valence-corrected chi connectivity index (χ3v) is 6.44. The lowest BCUT2D eigenvalue weighted by Gasteiger charge is -2.18. The topological polar surface area (TPSA) is 112 Å². The minimum absolute atomic E-state index is 0.315. The Bertz CT molecular complexity index is 1720. The van der Waals surface area contributed by atoms with Crippen LogP contribution in [0.5, 0.6) is 0 Å². The smallest absolute Gasteiger partial charge is 0.124 e. The monoisotopic (exact) mass is 492 g/mol. The maximum absolute atomic E-state index is 14.7. The van der Waals surface area contributed by atoms with Gasteiger partial charge in [0.2, 0.25) is 0 Å². The Balaban J connectivity index is 1.45. The first kappa shape index (κ1) is 23.0. The van der Waals surface area contributed by atoms with Crippen molar-refractivity contribution < 1.29 is 4.39 Å². The van der Waals surface area contributed by atoms with Crippen molar-refractivity contribution in [3.05, 3.63) is 84.8 Å². The Hall–Kier alpha value is -4.47. The lowest BCUT2D eigenvalue weighted by molar-refractivity contribution is 0.376. The van der Waals surface area contributed by atoms with Crippen LogP contribution in [0.25, 0.3) is 55.6 Å². The van der Waals surface area contributed by atoms with Crippen molar-refractivity contribution in [2.24, 2.45) is 5.73 Å². The van der Waals surface area contributed by atoms with Crippen LogP contribution in [0.4, 0.5) is 4.39 Å². The molecule has 4 heterocycles. The summed E-state index contributed by atoms with van der Waals surface area (Å²) in [6.45, 7) is 0.609. The SMILES string of the molecule is CN(C)CC(N)c1cc(F)cc(-c2nccc3[nH]c(-c4n[nH]c5ccc(-c6cncnc6)cc45)cc23)c1. The van der Waals surface area contributed by atoms with Crippen LogP contribution in [0.15, 0.2) is 73.4 Å². The highest BCUT2D eigenvalue weighted by molar-refractivity contribution is 6.00. The summed E-state index contributed by atoms with van der Waals surface area (Å²) in [5.41, 5.74) is 13.8. The fourth-order valence-corrected chi connectivity index (χ4v) is 4.72. The van der Waals surface area contributed by atoms with Crippen LogP contribution in [0.3, 0.4) is 0 Å². The van der Waals surface area contributed by atoms with E-state index in [2.05, 4.69) is 36.2 Å². The van der Waals surface area contributed by atoms with Gasteiger partial charge < -0.3 is 15.6 Å². The van der Waals surface area contributed by atoms with E-state index in [4.69, 9.17) is 5.73 Å². The van der Waals surface area contributed by atoms with Crippen molar-refractivity contribution in [2.75, 3.05) is 20.6 Å². The van der Waals surface area contributed by atoms with Crippen LogP contribution >= 0.6 is 0 Å². The first-order valence-electron chi connectivity index (χ1n) is 11.9. The van der Waals surface area contributed by atoms with Crippen molar-refractivity contribution in [2.45, 2.75) is 6.04 Å². The van der Waals surface area contributed by atoms with Crippen LogP contribution in [-0.4, -0.2) is 55.7 Å². The molecule has 0 bridgehead atoms. The van der Waals surface area contributed by atoms with Gasteiger partial charge in [-0.25, -0.2) is 14.4 Å². The molecule has 184 valence electrons. The number of aromatic nitrogens is 6. The summed E-state index contributed by atoms with van der Waals surface area (Å²) in [6, 6.07) is 14.6. The molecule has 0 aliphatic rings. The van der Waals surface area contributed by atoms with Gasteiger partial charge in [-0.1, -0.05) is 6.07 Å². The number of likely N-dealkylation sites (N-methyl/N-ethyl adjacent to an activating group) is 1. The first-order valence-corrected chi connectivity index (χ1v) is 11.9. The first-order chi connectivity index (χ1) is 18.0. The number of H-pyrrole nitrogens is 2. The molecule has 0 saturated carbocycles. The van der Waals surface area contributed by atoms with Gasteiger partial charge in [-0.3, -0.25) is 10.1 Å². The molecule has 0 amide bonds. The van der Waals surface area contributed by atoms with E-state index >= 15 is 0 Å². The molecule has 1 unspecified atom stereocenters. The molecule has 37 heavy (non-hydrogen) atoms. The van der Waals surface area contributed by atoms with Gasteiger partial charge in [-0.2, -0.15) is 5.10 Å². The number of benzene rings is 2. The summed E-state index contributed by atoms with van der Waals surface area (Å²) in [4.78, 5) is 18.3. The predicted octanol–water partition coefficient (Wildman–Crippen LogP) is 4.93. The third kappa shape index (κ3) is 4.35. The summed E-state index contributed by atoms with van der Waals surface area (Å²) in [5, 5.41) is 9.54. The lowest BCUT2D eigenvalue weighted by Crippen LogP contribution is -2.26. The minimum atomic E-state index is -0.341. The molecule has 6 rings (SSSR count). The average molecular weight is 493 g/mol. The molecule has 4 N–H and O–H groups in total. The van der Waals surface area contributed by atoms with Crippen molar-refractivity contribution in [1.82, 2.24) is 35.0 Å². The summed E-state index contributed by atoms with van der Waals surface area (Å²) in [7, 11) is 3.89. The van der Waals surface area contributed by atoms with E-state index in [9.17, 15) is 4.39 Å². The van der Waals surface area contributed by atoms with E-state index < -0.39 is 0 Å². The number of hydrogen-bond donors (Lipinski definition) is 3. The number of nitrogens with two attached hydrogens (primary N) is 1. The number of aromatic amines is 2. The number of pyridine rings is 1. The average Bonchev–Trinajstić information content (AvgIpc) is 3.52. The number of nitrogens with one attached hydrogen (secondary N) is 2. The summed E-state index contributed by atoms with van der Waals surface area (Å²) < 4.78 is 14.7. The highest BCUT2D eigenvalue weighted by Gasteiger charge is 2.17. The lowest BCUT2D eigenvalue weighted by atomic mass is 10.00. The van der Waals surface area contributed by atoms with Gasteiger partial charge in [0, 0.05) is 58.6 Å². The second-order valence-corrected chi connectivity index (χ2v) is 9.41. The zero-order valence-electron chi connectivity index (χ0n) is 20.4. The van der Waals surface area contributed by atoms with Gasteiger partial charge in [0.15, 0.2) is 0 Å². The molecule has 1 atom stereocenters. The van der Waals surface area contributed by atoms with Gasteiger partial charge in [-0.15, -0.1) is 0 Å². The predicted molar refractivity (Wildman–Crippen MR) is 143 cm³/mol. The molecule has 0 saturated heterocycles. The Morgan fingerprint density at radius 3 is 2.51 bits per heavy atom. The maximum atomic E-state index is 14.7. The van der Waals surface area contributed by atoms with E-state index in [0.717, 1.165) is 49.9 Å². The molecule has 2 aromatic carbocycles. The Morgan fingerprint density at radius 2 is 1.70 bits per heavy atom. The van der Waals surface area contributed by atoms with Crippen LogP contribution in [-0.2, 0) is 0 Å². The standard InChI is InChI=1S/C28H25FN8/c1-37(2)14-23(30)17-7-18(9-20(29)8-17)27-22-11-26(34-24(22)5-6-33-27)28-21-10-16(3-4-25(21)35-36-28)19-12-31-15-32-13-19/h3-13,15,23,34H,14,30H2,1-2H3,(H,35,36). The van der Waals surface area contributed by atoms with Crippen LogP contribution in [0.2, 0.25) is 0 Å². The van der Waals surface area contributed by atoms with E-state index in [1.165, 1.54) is 18.5 Å². The fraction of sp³-hybridized carbons (Fsp3) is 0.143. The van der Waals surface area contributed by atoms with Gasteiger partial charge in [0.25, 0.3) is 0 Å². The van der Waals surface area contributed by atoms with Crippen LogP contribution in [0, 0.1) is 5.82 Å². The Morgan fingerprint density at radius 1 is 0.892 bits per heavy atom. The fourth-order valence-electron chi connectivity index (χ4n) is 4.72. The molecular weight excluding hydrogens is 467 g/mol. The second-order valence-electron chi connectivity index (χ2n) is 9.41. The molecule has 0 fully saturated rings. The quantitative estimate of drug-likeness (QED) is 0.304. The van der Waals surface area contributed by atoms with Gasteiger partial charge >= 0.3 is 0 Å². The zero-order chi connectivity index (χ0) is 25.5.